The molecule has 1 aromatic rings. The molecule has 0 aromatic heterocycles. The molecular formula is C15H20N2O3. The monoisotopic (exact) mass is 276 g/mol. The third-order valence-electron chi connectivity index (χ3n) is 3.81. The van der Waals surface area contributed by atoms with Crippen LogP contribution in [-0.2, 0) is 16.1 Å². The fourth-order valence-electron chi connectivity index (χ4n) is 2.69. The lowest BCUT2D eigenvalue weighted by Gasteiger charge is -2.24. The van der Waals surface area contributed by atoms with Crippen molar-refractivity contribution in [3.8, 4) is 5.75 Å². The van der Waals surface area contributed by atoms with Gasteiger partial charge in [0.15, 0.2) is 6.61 Å². The number of carbonyl (C=O) groups is 1. The lowest BCUT2D eigenvalue weighted by Crippen LogP contribution is -2.36. The predicted molar refractivity (Wildman–Crippen MR) is 75.9 cm³/mol. The van der Waals surface area contributed by atoms with E-state index in [2.05, 4.69) is 17.6 Å². The van der Waals surface area contributed by atoms with E-state index in [1.54, 1.807) is 0 Å². The zero-order valence-electron chi connectivity index (χ0n) is 11.7. The SMILES string of the molecule is CC1(CNCc2ccc3c(c2)NC(=O)CO3)CCCO1. The van der Waals surface area contributed by atoms with Crippen molar-refractivity contribution >= 4 is 11.6 Å². The Morgan fingerprint density at radius 2 is 2.35 bits per heavy atom. The number of hydrogen-bond donors (Lipinski definition) is 2. The van der Waals surface area contributed by atoms with E-state index >= 15 is 0 Å². The minimum Gasteiger partial charge on any atom is -0.482 e. The molecule has 1 aromatic carbocycles. The Morgan fingerprint density at radius 1 is 1.45 bits per heavy atom. The van der Waals surface area contributed by atoms with E-state index in [9.17, 15) is 4.79 Å². The van der Waals surface area contributed by atoms with Gasteiger partial charge in [-0.25, -0.2) is 0 Å². The van der Waals surface area contributed by atoms with Gasteiger partial charge in [0.05, 0.1) is 11.3 Å². The molecule has 5 nitrogen and oxygen atoms in total. The molecule has 3 rings (SSSR count). The average molecular weight is 276 g/mol. The Morgan fingerprint density at radius 3 is 3.15 bits per heavy atom. The van der Waals surface area contributed by atoms with Crippen LogP contribution in [0, 0.1) is 0 Å². The van der Waals surface area contributed by atoms with Crippen LogP contribution < -0.4 is 15.4 Å². The van der Waals surface area contributed by atoms with Gasteiger partial charge in [0, 0.05) is 19.7 Å². The highest BCUT2D eigenvalue weighted by Crippen LogP contribution is 2.28. The number of anilines is 1. The lowest BCUT2D eigenvalue weighted by atomic mass is 10.0. The summed E-state index contributed by atoms with van der Waals surface area (Å²) >= 11 is 0. The topological polar surface area (TPSA) is 59.6 Å². The number of amides is 1. The second-order valence-corrected chi connectivity index (χ2v) is 5.67. The zero-order valence-corrected chi connectivity index (χ0v) is 11.7. The van der Waals surface area contributed by atoms with Crippen LogP contribution in [0.15, 0.2) is 18.2 Å². The molecule has 5 heteroatoms. The van der Waals surface area contributed by atoms with E-state index in [0.29, 0.717) is 0 Å². The fraction of sp³-hybridized carbons (Fsp3) is 0.533. The minimum atomic E-state index is -0.102. The van der Waals surface area contributed by atoms with Gasteiger partial charge in [-0.1, -0.05) is 6.07 Å². The molecule has 1 atom stereocenters. The summed E-state index contributed by atoms with van der Waals surface area (Å²) < 4.78 is 11.1. The third-order valence-corrected chi connectivity index (χ3v) is 3.81. The molecule has 0 saturated carbocycles. The summed E-state index contributed by atoms with van der Waals surface area (Å²) in [4.78, 5) is 11.3. The van der Waals surface area contributed by atoms with E-state index in [1.807, 2.05) is 18.2 Å². The van der Waals surface area contributed by atoms with Gasteiger partial charge in [0.1, 0.15) is 5.75 Å². The number of nitrogens with one attached hydrogen (secondary N) is 2. The Labute approximate surface area is 118 Å². The molecule has 1 saturated heterocycles. The van der Waals surface area contributed by atoms with Crippen LogP contribution in [0.4, 0.5) is 5.69 Å². The predicted octanol–water partition coefficient (Wildman–Crippen LogP) is 1.68. The summed E-state index contributed by atoms with van der Waals surface area (Å²) in [6, 6.07) is 5.87. The number of rotatable bonds is 4. The van der Waals surface area contributed by atoms with Crippen LogP contribution in [0.2, 0.25) is 0 Å². The molecule has 1 amide bonds. The van der Waals surface area contributed by atoms with Crippen molar-refractivity contribution in [2.24, 2.45) is 0 Å². The average Bonchev–Trinajstić information content (AvgIpc) is 2.85. The number of hydrogen-bond acceptors (Lipinski definition) is 4. The summed E-state index contributed by atoms with van der Waals surface area (Å²) in [6.07, 6.45) is 2.24. The van der Waals surface area contributed by atoms with Crippen LogP contribution in [-0.4, -0.2) is 31.3 Å². The van der Waals surface area contributed by atoms with E-state index in [4.69, 9.17) is 9.47 Å². The Hall–Kier alpha value is -1.59. The van der Waals surface area contributed by atoms with Gasteiger partial charge in [-0.3, -0.25) is 4.79 Å². The molecule has 0 aliphatic carbocycles. The molecule has 108 valence electrons. The highest BCUT2D eigenvalue weighted by molar-refractivity contribution is 5.95. The smallest absolute Gasteiger partial charge is 0.262 e. The maximum Gasteiger partial charge on any atom is 0.262 e. The summed E-state index contributed by atoms with van der Waals surface area (Å²) in [5.41, 5.74) is 1.84. The van der Waals surface area contributed by atoms with Gasteiger partial charge in [0.25, 0.3) is 5.91 Å². The van der Waals surface area contributed by atoms with E-state index in [-0.39, 0.29) is 18.1 Å². The van der Waals surface area contributed by atoms with Gasteiger partial charge >= 0.3 is 0 Å². The summed E-state index contributed by atoms with van der Waals surface area (Å²) in [6.45, 7) is 4.70. The van der Waals surface area contributed by atoms with Gasteiger partial charge in [-0.15, -0.1) is 0 Å². The lowest BCUT2D eigenvalue weighted by molar-refractivity contribution is -0.118. The van der Waals surface area contributed by atoms with E-state index in [1.165, 1.54) is 0 Å². The molecule has 0 spiro atoms. The third kappa shape index (κ3) is 2.94. The highest BCUT2D eigenvalue weighted by Gasteiger charge is 2.29. The Balaban J connectivity index is 1.58. The van der Waals surface area contributed by atoms with Gasteiger partial charge in [-0.05, 0) is 37.5 Å². The Kier molecular flexibility index (Phi) is 3.63. The number of carbonyl (C=O) groups excluding carboxylic acids is 1. The van der Waals surface area contributed by atoms with Crippen molar-refractivity contribution in [3.05, 3.63) is 23.8 Å². The zero-order chi connectivity index (χ0) is 14.0. The quantitative estimate of drug-likeness (QED) is 0.878. The number of fused-ring (bicyclic) bond motifs is 1. The molecule has 20 heavy (non-hydrogen) atoms. The second-order valence-electron chi connectivity index (χ2n) is 5.67. The number of ether oxygens (including phenoxy) is 2. The van der Waals surface area contributed by atoms with Crippen molar-refractivity contribution in [1.29, 1.82) is 0 Å². The van der Waals surface area contributed by atoms with Crippen LogP contribution in [0.25, 0.3) is 0 Å². The standard InChI is InChI=1S/C15H20N2O3/c1-15(5-2-6-20-15)10-16-8-11-3-4-13-12(7-11)17-14(18)9-19-13/h3-4,7,16H,2,5-6,8-10H2,1H3,(H,17,18). The van der Waals surface area contributed by atoms with Crippen molar-refractivity contribution in [1.82, 2.24) is 5.32 Å². The first kappa shape index (κ1) is 13.4. The molecule has 2 heterocycles. The minimum absolute atomic E-state index is 0.0362. The Bertz CT molecular complexity index is 510. The second kappa shape index (κ2) is 5.42. The van der Waals surface area contributed by atoms with Crippen LogP contribution in [0.5, 0.6) is 5.75 Å². The molecule has 0 radical (unpaired) electrons. The number of benzene rings is 1. The molecular weight excluding hydrogens is 256 g/mol. The maximum atomic E-state index is 11.3. The maximum absolute atomic E-state index is 11.3. The normalized spacial score (nSPS) is 24.9. The fourth-order valence-corrected chi connectivity index (χ4v) is 2.69. The molecule has 1 unspecified atom stereocenters. The molecule has 2 N–H and O–H groups in total. The van der Waals surface area contributed by atoms with Gasteiger partial charge in [0.2, 0.25) is 0 Å². The van der Waals surface area contributed by atoms with Crippen LogP contribution in [0.3, 0.4) is 0 Å². The van der Waals surface area contributed by atoms with E-state index in [0.717, 1.165) is 49.5 Å². The first-order valence-corrected chi connectivity index (χ1v) is 7.05. The first-order chi connectivity index (χ1) is 9.65. The molecule has 2 aliphatic heterocycles. The van der Waals surface area contributed by atoms with Crippen LogP contribution in [0.1, 0.15) is 25.3 Å². The first-order valence-electron chi connectivity index (χ1n) is 7.05. The molecule has 2 aliphatic rings. The summed E-state index contributed by atoms with van der Waals surface area (Å²) in [5.74, 6) is 0.633. The molecule has 1 fully saturated rings. The van der Waals surface area contributed by atoms with Crippen LogP contribution >= 0.6 is 0 Å². The summed E-state index contributed by atoms with van der Waals surface area (Å²) in [5, 5.41) is 6.25. The highest BCUT2D eigenvalue weighted by atomic mass is 16.5. The summed E-state index contributed by atoms with van der Waals surface area (Å²) in [7, 11) is 0. The van der Waals surface area contributed by atoms with Crippen molar-refractivity contribution in [2.75, 3.05) is 25.1 Å². The largest absolute Gasteiger partial charge is 0.482 e. The van der Waals surface area contributed by atoms with Crippen molar-refractivity contribution < 1.29 is 14.3 Å². The van der Waals surface area contributed by atoms with Gasteiger partial charge < -0.3 is 20.1 Å². The van der Waals surface area contributed by atoms with Crippen molar-refractivity contribution in [2.45, 2.75) is 31.9 Å². The van der Waals surface area contributed by atoms with Crippen molar-refractivity contribution in [3.63, 3.8) is 0 Å². The van der Waals surface area contributed by atoms with E-state index < -0.39 is 0 Å². The molecule has 0 bridgehead atoms. The van der Waals surface area contributed by atoms with Gasteiger partial charge in [-0.2, -0.15) is 0 Å².